The molecule has 0 bridgehead atoms. The van der Waals surface area contributed by atoms with Gasteiger partial charge in [0.2, 0.25) is 0 Å². The molecule has 2 aliphatic rings. The predicted octanol–water partition coefficient (Wildman–Crippen LogP) is 0.675. The zero-order chi connectivity index (χ0) is 7.84. The van der Waals surface area contributed by atoms with Gasteiger partial charge in [-0.1, -0.05) is 6.92 Å². The summed E-state index contributed by atoms with van der Waals surface area (Å²) >= 11 is 0. The highest BCUT2D eigenvalue weighted by Gasteiger charge is 2.40. The van der Waals surface area contributed by atoms with Crippen molar-refractivity contribution < 1.29 is 0 Å². The lowest BCUT2D eigenvalue weighted by Crippen LogP contribution is -2.26. The van der Waals surface area contributed by atoms with Gasteiger partial charge in [0.1, 0.15) is 0 Å². The van der Waals surface area contributed by atoms with Crippen LogP contribution in [-0.4, -0.2) is 30.6 Å². The molecule has 0 radical (unpaired) electrons. The smallest absolute Gasteiger partial charge is 0.0125 e. The fraction of sp³-hybridized carbons (Fsp3) is 1.00. The summed E-state index contributed by atoms with van der Waals surface area (Å²) in [4.78, 5) is 2.63. The summed E-state index contributed by atoms with van der Waals surface area (Å²) in [5.74, 6) is 1.76. The van der Waals surface area contributed by atoms with Gasteiger partial charge in [-0.15, -0.1) is 0 Å². The number of nitrogens with zero attached hydrogens (tertiary/aromatic N) is 1. The van der Waals surface area contributed by atoms with Crippen LogP contribution < -0.4 is 5.73 Å². The molecule has 0 aromatic carbocycles. The molecule has 0 spiro atoms. The summed E-state index contributed by atoms with van der Waals surface area (Å²) in [6, 6.07) is 0.923. The van der Waals surface area contributed by atoms with Crippen molar-refractivity contribution in [3.05, 3.63) is 0 Å². The van der Waals surface area contributed by atoms with Gasteiger partial charge >= 0.3 is 0 Å². The van der Waals surface area contributed by atoms with Gasteiger partial charge in [0, 0.05) is 12.6 Å². The molecular formula is C9H18N2. The van der Waals surface area contributed by atoms with Gasteiger partial charge in [-0.05, 0) is 37.8 Å². The quantitative estimate of drug-likeness (QED) is 0.633. The Bertz CT molecular complexity index is 146. The normalized spacial score (nSPS) is 44.7. The van der Waals surface area contributed by atoms with E-state index in [4.69, 9.17) is 5.73 Å². The van der Waals surface area contributed by atoms with E-state index in [0.717, 1.165) is 24.4 Å². The number of rotatable bonds is 2. The van der Waals surface area contributed by atoms with E-state index in [9.17, 15) is 0 Å². The molecule has 0 aromatic heterocycles. The Balaban J connectivity index is 1.81. The van der Waals surface area contributed by atoms with Crippen LogP contribution in [-0.2, 0) is 0 Å². The van der Waals surface area contributed by atoms with E-state index in [1.165, 1.54) is 25.9 Å². The lowest BCUT2D eigenvalue weighted by molar-refractivity contribution is 0.303. The summed E-state index contributed by atoms with van der Waals surface area (Å²) in [6.45, 7) is 5.81. The number of hydrogen-bond donors (Lipinski definition) is 1. The zero-order valence-corrected chi connectivity index (χ0v) is 7.29. The summed E-state index contributed by atoms with van der Waals surface area (Å²) in [5, 5.41) is 0. The van der Waals surface area contributed by atoms with Crippen LogP contribution in [0.4, 0.5) is 0 Å². The second-order valence-electron chi connectivity index (χ2n) is 4.17. The van der Waals surface area contributed by atoms with E-state index in [1.54, 1.807) is 0 Å². The summed E-state index contributed by atoms with van der Waals surface area (Å²) < 4.78 is 0. The lowest BCUT2D eigenvalue weighted by Gasteiger charge is -2.14. The summed E-state index contributed by atoms with van der Waals surface area (Å²) in [5.41, 5.74) is 5.62. The van der Waals surface area contributed by atoms with Gasteiger partial charge < -0.3 is 5.73 Å². The monoisotopic (exact) mass is 154 g/mol. The highest BCUT2D eigenvalue weighted by Crippen LogP contribution is 2.37. The molecule has 1 heterocycles. The van der Waals surface area contributed by atoms with Gasteiger partial charge in [0.25, 0.3) is 0 Å². The molecule has 2 rings (SSSR count). The van der Waals surface area contributed by atoms with Gasteiger partial charge in [-0.2, -0.15) is 0 Å². The highest BCUT2D eigenvalue weighted by molar-refractivity contribution is 4.95. The molecule has 1 aliphatic heterocycles. The Morgan fingerprint density at radius 3 is 2.73 bits per heavy atom. The third-order valence-electron chi connectivity index (χ3n) is 3.19. The van der Waals surface area contributed by atoms with Crippen LogP contribution in [0.3, 0.4) is 0 Å². The zero-order valence-electron chi connectivity index (χ0n) is 7.29. The maximum absolute atomic E-state index is 5.62. The van der Waals surface area contributed by atoms with Crippen molar-refractivity contribution in [3.8, 4) is 0 Å². The minimum absolute atomic E-state index is 0.794. The number of hydrogen-bond acceptors (Lipinski definition) is 2. The maximum atomic E-state index is 5.62. The van der Waals surface area contributed by atoms with Crippen LogP contribution in [0.5, 0.6) is 0 Å². The van der Waals surface area contributed by atoms with Crippen molar-refractivity contribution in [2.75, 3.05) is 19.6 Å². The first-order valence-electron chi connectivity index (χ1n) is 4.75. The average molecular weight is 154 g/mol. The lowest BCUT2D eigenvalue weighted by atomic mass is 10.1. The molecule has 11 heavy (non-hydrogen) atoms. The Morgan fingerprint density at radius 1 is 1.55 bits per heavy atom. The Kier molecular flexibility index (Phi) is 1.90. The molecule has 1 saturated carbocycles. The van der Waals surface area contributed by atoms with E-state index >= 15 is 0 Å². The van der Waals surface area contributed by atoms with E-state index in [2.05, 4.69) is 11.8 Å². The molecule has 3 atom stereocenters. The molecule has 1 saturated heterocycles. The molecule has 2 nitrogen and oxygen atoms in total. The van der Waals surface area contributed by atoms with Crippen molar-refractivity contribution in [2.24, 2.45) is 17.6 Å². The van der Waals surface area contributed by atoms with Crippen LogP contribution in [0.15, 0.2) is 0 Å². The third-order valence-corrected chi connectivity index (χ3v) is 3.19. The standard InChI is InChI=1S/C9H18N2/c1-7-4-9(7)11-3-2-8(5-10)6-11/h7-9H,2-6,10H2,1H3. The minimum atomic E-state index is 0.794. The molecule has 64 valence electrons. The Labute approximate surface area is 68.7 Å². The summed E-state index contributed by atoms with van der Waals surface area (Å²) in [7, 11) is 0. The first-order valence-corrected chi connectivity index (χ1v) is 4.75. The van der Waals surface area contributed by atoms with Gasteiger partial charge in [-0.3, -0.25) is 4.90 Å². The van der Waals surface area contributed by atoms with Crippen molar-refractivity contribution in [1.29, 1.82) is 0 Å². The second kappa shape index (κ2) is 2.76. The molecular weight excluding hydrogens is 136 g/mol. The van der Waals surface area contributed by atoms with Crippen LogP contribution in [0, 0.1) is 11.8 Å². The number of nitrogens with two attached hydrogens (primary N) is 1. The first kappa shape index (κ1) is 7.56. The van der Waals surface area contributed by atoms with E-state index in [-0.39, 0.29) is 0 Å². The Morgan fingerprint density at radius 2 is 2.27 bits per heavy atom. The topological polar surface area (TPSA) is 29.3 Å². The maximum Gasteiger partial charge on any atom is 0.0125 e. The molecule has 1 aliphatic carbocycles. The highest BCUT2D eigenvalue weighted by atomic mass is 15.2. The largest absolute Gasteiger partial charge is 0.330 e. The molecule has 2 fully saturated rings. The fourth-order valence-corrected chi connectivity index (χ4v) is 2.17. The van der Waals surface area contributed by atoms with Crippen LogP contribution in [0.2, 0.25) is 0 Å². The van der Waals surface area contributed by atoms with Crippen LogP contribution >= 0.6 is 0 Å². The third kappa shape index (κ3) is 1.42. The Hall–Kier alpha value is -0.0800. The molecule has 0 aromatic rings. The van der Waals surface area contributed by atoms with Crippen LogP contribution in [0.25, 0.3) is 0 Å². The second-order valence-corrected chi connectivity index (χ2v) is 4.17. The molecule has 2 heteroatoms. The van der Waals surface area contributed by atoms with Gasteiger partial charge in [0.05, 0.1) is 0 Å². The van der Waals surface area contributed by atoms with Crippen molar-refractivity contribution in [3.63, 3.8) is 0 Å². The molecule has 3 unspecified atom stereocenters. The van der Waals surface area contributed by atoms with E-state index in [1.807, 2.05) is 0 Å². The minimum Gasteiger partial charge on any atom is -0.330 e. The fourth-order valence-electron chi connectivity index (χ4n) is 2.17. The van der Waals surface area contributed by atoms with E-state index < -0.39 is 0 Å². The van der Waals surface area contributed by atoms with Crippen molar-refractivity contribution >= 4 is 0 Å². The van der Waals surface area contributed by atoms with Crippen molar-refractivity contribution in [2.45, 2.75) is 25.8 Å². The average Bonchev–Trinajstić information content (AvgIpc) is 2.59. The first-order chi connectivity index (χ1) is 5.31. The van der Waals surface area contributed by atoms with Crippen molar-refractivity contribution in [1.82, 2.24) is 4.90 Å². The SMILES string of the molecule is CC1CC1N1CCC(CN)C1. The number of likely N-dealkylation sites (tertiary alicyclic amines) is 1. The van der Waals surface area contributed by atoms with Crippen LogP contribution in [0.1, 0.15) is 19.8 Å². The summed E-state index contributed by atoms with van der Waals surface area (Å²) in [6.07, 6.45) is 2.76. The van der Waals surface area contributed by atoms with Gasteiger partial charge in [0.15, 0.2) is 0 Å². The molecule has 0 amide bonds. The van der Waals surface area contributed by atoms with Gasteiger partial charge in [-0.25, -0.2) is 0 Å². The van der Waals surface area contributed by atoms with E-state index in [0.29, 0.717) is 0 Å². The molecule has 2 N–H and O–H groups in total. The predicted molar refractivity (Wildman–Crippen MR) is 46.3 cm³/mol.